The van der Waals surface area contributed by atoms with E-state index in [1.807, 2.05) is 25.1 Å². The summed E-state index contributed by atoms with van der Waals surface area (Å²) in [5.41, 5.74) is 6.42. The molecule has 3 heteroatoms. The first-order valence-corrected chi connectivity index (χ1v) is 9.58. The van der Waals surface area contributed by atoms with Crippen LogP contribution < -0.4 is 0 Å². The highest BCUT2D eigenvalue weighted by Crippen LogP contribution is 2.35. The second-order valence-electron chi connectivity index (χ2n) is 6.85. The minimum atomic E-state index is -0.282. The number of esters is 1. The standard InChI is InChI=1S/C25H23NO2/c1-3-28-25(27)21-13-9-12-20(16-21)24-18(2)26(17-19-10-5-4-6-11-19)23-15-8-7-14-22(23)24/h4-16H,3,17H2,1-2H3. The number of rotatable bonds is 5. The molecule has 0 spiro atoms. The maximum Gasteiger partial charge on any atom is 0.338 e. The van der Waals surface area contributed by atoms with Crippen LogP contribution in [0.1, 0.15) is 28.5 Å². The van der Waals surface area contributed by atoms with Crippen molar-refractivity contribution in [1.82, 2.24) is 4.57 Å². The fourth-order valence-corrected chi connectivity index (χ4v) is 3.78. The van der Waals surface area contributed by atoms with E-state index in [9.17, 15) is 4.79 Å². The van der Waals surface area contributed by atoms with Crippen molar-refractivity contribution in [2.45, 2.75) is 20.4 Å². The van der Waals surface area contributed by atoms with Crippen LogP contribution in [0, 0.1) is 6.92 Å². The SMILES string of the molecule is CCOC(=O)c1cccc(-c2c(C)n(Cc3ccccc3)c3ccccc23)c1. The third-order valence-electron chi connectivity index (χ3n) is 5.08. The van der Waals surface area contributed by atoms with E-state index in [-0.39, 0.29) is 5.97 Å². The van der Waals surface area contributed by atoms with Gasteiger partial charge < -0.3 is 9.30 Å². The second-order valence-corrected chi connectivity index (χ2v) is 6.85. The average Bonchev–Trinajstić information content (AvgIpc) is 3.01. The molecular weight excluding hydrogens is 346 g/mol. The summed E-state index contributed by atoms with van der Waals surface area (Å²) >= 11 is 0. The van der Waals surface area contributed by atoms with Crippen LogP contribution >= 0.6 is 0 Å². The Kier molecular flexibility index (Phi) is 4.98. The summed E-state index contributed by atoms with van der Waals surface area (Å²) in [6, 6.07) is 26.6. The van der Waals surface area contributed by atoms with Gasteiger partial charge in [-0.2, -0.15) is 0 Å². The molecule has 3 aromatic carbocycles. The molecule has 3 nitrogen and oxygen atoms in total. The Hall–Kier alpha value is -3.33. The lowest BCUT2D eigenvalue weighted by atomic mass is 10.0. The zero-order valence-corrected chi connectivity index (χ0v) is 16.2. The van der Waals surface area contributed by atoms with Crippen LogP contribution in [0.15, 0.2) is 78.9 Å². The molecule has 0 radical (unpaired) electrons. The van der Waals surface area contributed by atoms with E-state index in [1.54, 1.807) is 6.07 Å². The third kappa shape index (κ3) is 3.31. The maximum absolute atomic E-state index is 12.2. The van der Waals surface area contributed by atoms with Gasteiger partial charge in [0.2, 0.25) is 0 Å². The molecule has 0 aliphatic carbocycles. The van der Waals surface area contributed by atoms with Gasteiger partial charge in [0.1, 0.15) is 0 Å². The Morgan fingerprint density at radius 3 is 2.46 bits per heavy atom. The van der Waals surface area contributed by atoms with Crippen LogP contribution in [0.3, 0.4) is 0 Å². The largest absolute Gasteiger partial charge is 0.462 e. The number of carbonyl (C=O) groups excluding carboxylic acids is 1. The van der Waals surface area contributed by atoms with Gasteiger partial charge in [-0.05, 0) is 43.2 Å². The van der Waals surface area contributed by atoms with Gasteiger partial charge in [0.25, 0.3) is 0 Å². The van der Waals surface area contributed by atoms with Crippen molar-refractivity contribution in [3.05, 3.63) is 95.7 Å². The second kappa shape index (κ2) is 7.73. The molecule has 28 heavy (non-hydrogen) atoms. The zero-order chi connectivity index (χ0) is 19.5. The van der Waals surface area contributed by atoms with Gasteiger partial charge in [0.15, 0.2) is 0 Å². The minimum Gasteiger partial charge on any atom is -0.462 e. The van der Waals surface area contributed by atoms with Crippen molar-refractivity contribution < 1.29 is 9.53 Å². The number of carbonyl (C=O) groups is 1. The van der Waals surface area contributed by atoms with Crippen LogP contribution in [0.25, 0.3) is 22.0 Å². The zero-order valence-electron chi connectivity index (χ0n) is 16.2. The summed E-state index contributed by atoms with van der Waals surface area (Å²) in [7, 11) is 0. The lowest BCUT2D eigenvalue weighted by molar-refractivity contribution is 0.0526. The first-order valence-electron chi connectivity index (χ1n) is 9.58. The van der Waals surface area contributed by atoms with E-state index >= 15 is 0 Å². The fraction of sp³-hybridized carbons (Fsp3) is 0.160. The number of fused-ring (bicyclic) bond motifs is 1. The van der Waals surface area contributed by atoms with Crippen molar-refractivity contribution in [1.29, 1.82) is 0 Å². The lowest BCUT2D eigenvalue weighted by Crippen LogP contribution is -2.04. The highest BCUT2D eigenvalue weighted by atomic mass is 16.5. The van der Waals surface area contributed by atoms with Crippen LogP contribution in [0.2, 0.25) is 0 Å². The monoisotopic (exact) mass is 369 g/mol. The van der Waals surface area contributed by atoms with Crippen LogP contribution in [-0.4, -0.2) is 17.1 Å². The molecule has 0 amide bonds. The molecule has 4 rings (SSSR count). The Bertz CT molecular complexity index is 1130. The van der Waals surface area contributed by atoms with E-state index in [2.05, 4.69) is 66.1 Å². The number of hydrogen-bond acceptors (Lipinski definition) is 2. The van der Waals surface area contributed by atoms with Crippen molar-refractivity contribution >= 4 is 16.9 Å². The van der Waals surface area contributed by atoms with Gasteiger partial charge in [0.05, 0.1) is 12.2 Å². The van der Waals surface area contributed by atoms with E-state index in [4.69, 9.17) is 4.74 Å². The van der Waals surface area contributed by atoms with Crippen molar-refractivity contribution in [3.63, 3.8) is 0 Å². The van der Waals surface area contributed by atoms with Gasteiger partial charge in [-0.3, -0.25) is 0 Å². The van der Waals surface area contributed by atoms with Crippen molar-refractivity contribution in [3.8, 4) is 11.1 Å². The minimum absolute atomic E-state index is 0.282. The van der Waals surface area contributed by atoms with Gasteiger partial charge in [-0.25, -0.2) is 4.79 Å². The van der Waals surface area contributed by atoms with Crippen LogP contribution in [-0.2, 0) is 11.3 Å². The first kappa shape index (κ1) is 18.1. The Morgan fingerprint density at radius 1 is 0.929 bits per heavy atom. The first-order chi connectivity index (χ1) is 13.7. The molecule has 1 aromatic heterocycles. The Labute approximate surface area is 165 Å². The topological polar surface area (TPSA) is 31.2 Å². The van der Waals surface area contributed by atoms with E-state index in [0.717, 1.165) is 17.7 Å². The molecule has 1 heterocycles. The number of aromatic nitrogens is 1. The lowest BCUT2D eigenvalue weighted by Gasteiger charge is -2.10. The van der Waals surface area contributed by atoms with Gasteiger partial charge in [0, 0.05) is 28.7 Å². The molecule has 0 saturated heterocycles. The smallest absolute Gasteiger partial charge is 0.338 e. The third-order valence-corrected chi connectivity index (χ3v) is 5.08. The predicted octanol–water partition coefficient (Wildman–Crippen LogP) is 5.84. The summed E-state index contributed by atoms with van der Waals surface area (Å²) in [5, 5.41) is 1.19. The fourth-order valence-electron chi connectivity index (χ4n) is 3.78. The molecule has 0 aliphatic heterocycles. The summed E-state index contributed by atoms with van der Waals surface area (Å²) < 4.78 is 7.52. The Balaban J connectivity index is 1.86. The highest BCUT2D eigenvalue weighted by Gasteiger charge is 2.17. The molecule has 0 unspecified atom stereocenters. The molecule has 0 N–H and O–H groups in total. The van der Waals surface area contributed by atoms with Crippen LogP contribution in [0.5, 0.6) is 0 Å². The van der Waals surface area contributed by atoms with Gasteiger partial charge in [-0.15, -0.1) is 0 Å². The summed E-state index contributed by atoms with van der Waals surface area (Å²) in [6.45, 7) is 5.15. The molecule has 0 aliphatic rings. The summed E-state index contributed by atoms with van der Waals surface area (Å²) in [6.07, 6.45) is 0. The van der Waals surface area contributed by atoms with E-state index in [1.165, 1.54) is 22.2 Å². The molecule has 0 bridgehead atoms. The van der Waals surface area contributed by atoms with Gasteiger partial charge in [-0.1, -0.05) is 60.7 Å². The van der Waals surface area contributed by atoms with E-state index in [0.29, 0.717) is 12.2 Å². The molecule has 0 saturated carbocycles. The quantitative estimate of drug-likeness (QED) is 0.414. The molecule has 0 fully saturated rings. The predicted molar refractivity (Wildman–Crippen MR) is 114 cm³/mol. The average molecular weight is 369 g/mol. The molecular formula is C25H23NO2. The Morgan fingerprint density at radius 2 is 1.68 bits per heavy atom. The maximum atomic E-state index is 12.2. The van der Waals surface area contributed by atoms with Crippen LogP contribution in [0.4, 0.5) is 0 Å². The highest BCUT2D eigenvalue weighted by molar-refractivity contribution is 5.99. The number of benzene rings is 3. The molecule has 0 atom stereocenters. The number of para-hydroxylation sites is 1. The normalized spacial score (nSPS) is 10.9. The van der Waals surface area contributed by atoms with Crippen molar-refractivity contribution in [2.75, 3.05) is 6.61 Å². The summed E-state index contributed by atoms with van der Waals surface area (Å²) in [4.78, 5) is 12.2. The number of hydrogen-bond donors (Lipinski definition) is 0. The van der Waals surface area contributed by atoms with E-state index < -0.39 is 0 Å². The van der Waals surface area contributed by atoms with Gasteiger partial charge >= 0.3 is 5.97 Å². The summed E-state index contributed by atoms with van der Waals surface area (Å²) in [5.74, 6) is -0.282. The van der Waals surface area contributed by atoms with Crippen molar-refractivity contribution in [2.24, 2.45) is 0 Å². The number of nitrogens with zero attached hydrogens (tertiary/aromatic N) is 1. The molecule has 140 valence electrons. The molecule has 4 aromatic rings. The number of ether oxygens (including phenoxy) is 1.